The summed E-state index contributed by atoms with van der Waals surface area (Å²) in [6.45, 7) is 2.13. The number of hydrogen-bond acceptors (Lipinski definition) is 6. The fourth-order valence-electron chi connectivity index (χ4n) is 1.34. The second-order valence-corrected chi connectivity index (χ2v) is 5.59. The van der Waals surface area contributed by atoms with E-state index in [-0.39, 0.29) is 5.97 Å². The third-order valence-electron chi connectivity index (χ3n) is 2.04. The Balaban J connectivity index is 2.19. The van der Waals surface area contributed by atoms with Crippen LogP contribution in [0.2, 0.25) is 0 Å². The zero-order valence-corrected chi connectivity index (χ0v) is 9.97. The van der Waals surface area contributed by atoms with Crippen molar-refractivity contribution in [3.05, 3.63) is 5.51 Å². The van der Waals surface area contributed by atoms with Gasteiger partial charge in [0, 0.05) is 7.05 Å². The molecule has 2 rings (SSSR count). The zero-order chi connectivity index (χ0) is 11.0. The van der Waals surface area contributed by atoms with Gasteiger partial charge in [0.15, 0.2) is 16.1 Å². The average molecular weight is 247 g/mol. The third-order valence-corrected chi connectivity index (χ3v) is 4.84. The lowest BCUT2D eigenvalue weighted by Crippen LogP contribution is -2.34. The first-order valence-corrected chi connectivity index (χ1v) is 6.54. The van der Waals surface area contributed by atoms with Crippen LogP contribution in [0.5, 0.6) is 0 Å². The maximum Gasteiger partial charge on any atom is 0.339 e. The van der Waals surface area contributed by atoms with Gasteiger partial charge in [0.1, 0.15) is 0 Å². The summed E-state index contributed by atoms with van der Waals surface area (Å²) in [5, 5.41) is -0.408. The molecule has 1 aromatic heterocycles. The molecule has 1 N–H and O–H groups in total. The summed E-state index contributed by atoms with van der Waals surface area (Å²) in [6, 6.07) is 0. The van der Waals surface area contributed by atoms with Crippen LogP contribution in [0.15, 0.2) is 9.72 Å². The van der Waals surface area contributed by atoms with E-state index in [2.05, 4.69) is 4.98 Å². The number of anilines is 1. The SMILES string of the molecule is CCOC(=O)C1Sc2c(nc[s+]2O)N1C. The van der Waals surface area contributed by atoms with Crippen LogP contribution < -0.4 is 4.90 Å². The topological polar surface area (TPSA) is 62.7 Å². The Labute approximate surface area is 94.2 Å². The minimum atomic E-state index is -0.939. The third kappa shape index (κ3) is 1.70. The number of ether oxygens (including phenoxy) is 1. The molecule has 0 radical (unpaired) electrons. The molecule has 1 aromatic rings. The molecular formula is C8H11N2O3S2+. The van der Waals surface area contributed by atoms with Gasteiger partial charge >= 0.3 is 5.97 Å². The molecule has 1 aliphatic rings. The second-order valence-electron chi connectivity index (χ2n) is 2.99. The zero-order valence-electron chi connectivity index (χ0n) is 8.34. The number of carbonyl (C=O) groups excluding carboxylic acids is 1. The fourth-order valence-corrected chi connectivity index (χ4v) is 3.75. The van der Waals surface area contributed by atoms with Gasteiger partial charge in [0.2, 0.25) is 5.82 Å². The van der Waals surface area contributed by atoms with Crippen molar-refractivity contribution in [2.24, 2.45) is 0 Å². The average Bonchev–Trinajstić information content (AvgIpc) is 2.70. The first-order valence-electron chi connectivity index (χ1n) is 4.42. The van der Waals surface area contributed by atoms with Crippen LogP contribution in [0.4, 0.5) is 5.82 Å². The summed E-state index contributed by atoms with van der Waals surface area (Å²) in [6.07, 6.45) is 0. The van der Waals surface area contributed by atoms with Crippen molar-refractivity contribution in [1.29, 1.82) is 0 Å². The highest BCUT2D eigenvalue weighted by molar-refractivity contribution is 8.03. The van der Waals surface area contributed by atoms with Crippen LogP contribution in [0.25, 0.3) is 0 Å². The minimum absolute atomic E-state index is 0.286. The molecule has 5 nitrogen and oxygen atoms in total. The summed E-state index contributed by atoms with van der Waals surface area (Å²) in [7, 11) is 0.836. The summed E-state index contributed by atoms with van der Waals surface area (Å²) in [5.74, 6) is 0.399. The molecular weight excluding hydrogens is 236 g/mol. The van der Waals surface area contributed by atoms with Crippen molar-refractivity contribution in [3.8, 4) is 0 Å². The van der Waals surface area contributed by atoms with E-state index in [1.54, 1.807) is 18.9 Å². The van der Waals surface area contributed by atoms with E-state index in [4.69, 9.17) is 4.74 Å². The Bertz CT molecular complexity index is 393. The van der Waals surface area contributed by atoms with Gasteiger partial charge in [-0.05, 0) is 18.7 Å². The maximum absolute atomic E-state index is 11.6. The number of thioether (sulfide) groups is 1. The van der Waals surface area contributed by atoms with Crippen molar-refractivity contribution in [3.63, 3.8) is 0 Å². The fraction of sp³-hybridized carbons (Fsp3) is 0.500. The smallest absolute Gasteiger partial charge is 0.339 e. The standard InChI is InChI=1S/C8H11N2O3S2/c1-3-13-7(11)6-10(2)5-8(14-6)15(12)4-9-5/h4,6,12H,3H2,1-2H3/q+1. The predicted octanol–water partition coefficient (Wildman–Crippen LogP) is 1.40. The van der Waals surface area contributed by atoms with E-state index in [1.807, 2.05) is 0 Å². The molecule has 0 aromatic carbocycles. The van der Waals surface area contributed by atoms with Crippen LogP contribution in [-0.4, -0.2) is 34.5 Å². The van der Waals surface area contributed by atoms with Gasteiger partial charge in [-0.2, -0.15) is 9.54 Å². The number of thiazole rings is 1. The first kappa shape index (κ1) is 10.7. The van der Waals surface area contributed by atoms with Crippen molar-refractivity contribution >= 4 is 34.3 Å². The molecule has 82 valence electrons. The van der Waals surface area contributed by atoms with E-state index in [9.17, 15) is 9.35 Å². The molecule has 0 saturated heterocycles. The lowest BCUT2D eigenvalue weighted by Gasteiger charge is -2.17. The summed E-state index contributed by atoms with van der Waals surface area (Å²) in [5.41, 5.74) is 1.50. The van der Waals surface area contributed by atoms with E-state index >= 15 is 0 Å². The molecule has 2 unspecified atom stereocenters. The molecule has 0 amide bonds. The van der Waals surface area contributed by atoms with Gasteiger partial charge in [0.25, 0.3) is 9.72 Å². The quantitative estimate of drug-likeness (QED) is 0.629. The summed E-state index contributed by atoms with van der Waals surface area (Å²) in [4.78, 5) is 17.4. The van der Waals surface area contributed by atoms with Crippen molar-refractivity contribution in [2.75, 3.05) is 18.6 Å². The number of rotatable bonds is 2. The molecule has 2 atom stereocenters. The van der Waals surface area contributed by atoms with E-state index < -0.39 is 16.1 Å². The lowest BCUT2D eigenvalue weighted by atomic mass is 10.5. The largest absolute Gasteiger partial charge is 0.464 e. The van der Waals surface area contributed by atoms with Gasteiger partial charge < -0.3 is 9.64 Å². The first-order chi connectivity index (χ1) is 7.15. The van der Waals surface area contributed by atoms with Crippen molar-refractivity contribution in [2.45, 2.75) is 16.5 Å². The van der Waals surface area contributed by atoms with Gasteiger partial charge in [-0.25, -0.2) is 4.79 Å². The molecule has 0 fully saturated rings. The normalized spacial score (nSPS) is 20.3. The number of hydrogen-bond donors (Lipinski definition) is 1. The number of carbonyl (C=O) groups is 1. The lowest BCUT2D eigenvalue weighted by molar-refractivity contribution is -0.142. The van der Waals surface area contributed by atoms with Crippen molar-refractivity contribution < 1.29 is 14.1 Å². The Hall–Kier alpha value is -0.790. The number of aromatic nitrogens is 1. The summed E-state index contributed by atoms with van der Waals surface area (Å²) >= 11 is 1.31. The molecule has 7 heteroatoms. The van der Waals surface area contributed by atoms with Crippen LogP contribution in [0.1, 0.15) is 6.92 Å². The van der Waals surface area contributed by atoms with Crippen molar-refractivity contribution in [1.82, 2.24) is 4.98 Å². The molecule has 15 heavy (non-hydrogen) atoms. The number of fused-ring (bicyclic) bond motifs is 1. The minimum Gasteiger partial charge on any atom is -0.464 e. The molecule has 0 bridgehead atoms. The number of nitrogens with zero attached hydrogens (tertiary/aromatic N) is 2. The number of likely N-dealkylation sites (N-methyl/N-ethyl adjacent to an activating group) is 1. The highest BCUT2D eigenvalue weighted by Gasteiger charge is 2.42. The monoisotopic (exact) mass is 247 g/mol. The highest BCUT2D eigenvalue weighted by Crippen LogP contribution is 2.48. The number of esters is 1. The van der Waals surface area contributed by atoms with Gasteiger partial charge in [-0.3, -0.25) is 0 Å². The van der Waals surface area contributed by atoms with E-state index in [1.165, 1.54) is 17.3 Å². The Morgan fingerprint density at radius 2 is 2.60 bits per heavy atom. The maximum atomic E-state index is 11.6. The highest BCUT2D eigenvalue weighted by atomic mass is 32.2. The predicted molar refractivity (Wildman–Crippen MR) is 58.7 cm³/mol. The van der Waals surface area contributed by atoms with Gasteiger partial charge in [-0.15, -0.1) is 0 Å². The van der Waals surface area contributed by atoms with Crippen LogP contribution in [-0.2, 0) is 9.53 Å². The summed E-state index contributed by atoms with van der Waals surface area (Å²) < 4.78 is 15.3. The molecule has 1 aliphatic heterocycles. The molecule has 2 heterocycles. The Morgan fingerprint density at radius 3 is 3.20 bits per heavy atom. The Morgan fingerprint density at radius 1 is 1.87 bits per heavy atom. The van der Waals surface area contributed by atoms with Gasteiger partial charge in [-0.1, -0.05) is 0 Å². The molecule has 0 saturated carbocycles. The van der Waals surface area contributed by atoms with Crippen LogP contribution >= 0.6 is 22.5 Å². The van der Waals surface area contributed by atoms with Crippen LogP contribution in [0, 0.1) is 0 Å². The van der Waals surface area contributed by atoms with Gasteiger partial charge in [0.05, 0.1) is 6.61 Å². The molecule has 0 spiro atoms. The van der Waals surface area contributed by atoms with Crippen LogP contribution in [0.3, 0.4) is 0 Å². The second kappa shape index (κ2) is 3.99. The Kier molecular flexibility index (Phi) is 2.85. The van der Waals surface area contributed by atoms with E-state index in [0.29, 0.717) is 12.4 Å². The molecule has 0 aliphatic carbocycles. The van der Waals surface area contributed by atoms with E-state index in [0.717, 1.165) is 4.21 Å².